The van der Waals surface area contributed by atoms with Gasteiger partial charge in [-0.25, -0.2) is 0 Å². The predicted molar refractivity (Wildman–Crippen MR) is 195 cm³/mol. The molecule has 0 atom stereocenters. The Kier molecular flexibility index (Phi) is 10.2. The van der Waals surface area contributed by atoms with Crippen LogP contribution in [0.3, 0.4) is 0 Å². The average molecular weight is 789 g/mol. The van der Waals surface area contributed by atoms with Crippen LogP contribution in [0.25, 0.3) is 55.2 Å². The second-order valence-corrected chi connectivity index (χ2v) is 13.9. The van der Waals surface area contributed by atoms with Crippen LogP contribution in [0.1, 0.15) is 52.7 Å². The van der Waals surface area contributed by atoms with Crippen LogP contribution < -0.4 is 0 Å². The van der Waals surface area contributed by atoms with Gasteiger partial charge in [-0.3, -0.25) is 0 Å². The predicted octanol–water partition coefficient (Wildman–Crippen LogP) is 11.7. The first-order chi connectivity index (χ1) is 22.1. The molecule has 7 rings (SSSR count). The molecule has 0 amide bonds. The molecule has 7 aromatic rings. The van der Waals surface area contributed by atoms with E-state index in [1.54, 1.807) is 0 Å². The maximum absolute atomic E-state index is 4.58. The molecule has 2 heterocycles. The molecule has 2 nitrogen and oxygen atoms in total. The minimum Gasteiger partial charge on any atom is -0.305 e. The molecule has 0 fully saturated rings. The molecule has 0 aliphatic carbocycles. The zero-order valence-electron chi connectivity index (χ0n) is 27.9. The van der Waals surface area contributed by atoms with Crippen LogP contribution in [-0.4, -0.2) is 9.97 Å². The van der Waals surface area contributed by atoms with E-state index in [-0.39, 0.29) is 30.9 Å². The second kappa shape index (κ2) is 14.1. The van der Waals surface area contributed by atoms with Gasteiger partial charge in [0.15, 0.2) is 0 Å². The number of rotatable bonds is 3. The first-order valence-corrected chi connectivity index (χ1v) is 15.9. The van der Waals surface area contributed by atoms with Gasteiger partial charge in [0.25, 0.3) is 0 Å². The first kappa shape index (κ1) is 33.9. The van der Waals surface area contributed by atoms with E-state index in [2.05, 4.69) is 173 Å². The summed E-state index contributed by atoms with van der Waals surface area (Å²) >= 11 is 0. The molecule has 0 aliphatic rings. The van der Waals surface area contributed by atoms with E-state index < -0.39 is 0 Å². The zero-order chi connectivity index (χ0) is 32.3. The molecule has 5 aromatic carbocycles. The number of benzene rings is 5. The van der Waals surface area contributed by atoms with Gasteiger partial charge in [-0.2, -0.15) is 0 Å². The summed E-state index contributed by atoms with van der Waals surface area (Å²) in [6.07, 6.45) is 3.79. The minimum atomic E-state index is 0. The Morgan fingerprint density at radius 2 is 1.06 bits per heavy atom. The molecule has 0 spiro atoms. The molecular formula is C44H40IrN2-2. The van der Waals surface area contributed by atoms with Crippen molar-refractivity contribution < 1.29 is 20.1 Å². The Labute approximate surface area is 293 Å². The molecule has 3 heteroatoms. The second-order valence-electron chi connectivity index (χ2n) is 13.9. The van der Waals surface area contributed by atoms with Crippen molar-refractivity contribution in [1.29, 1.82) is 0 Å². The van der Waals surface area contributed by atoms with E-state index in [1.165, 1.54) is 43.8 Å². The van der Waals surface area contributed by atoms with Gasteiger partial charge in [0, 0.05) is 32.5 Å². The summed E-state index contributed by atoms with van der Waals surface area (Å²) in [5.74, 6) is 0. The fourth-order valence-electron chi connectivity index (χ4n) is 5.60. The van der Waals surface area contributed by atoms with Crippen molar-refractivity contribution in [2.24, 2.45) is 0 Å². The van der Waals surface area contributed by atoms with E-state index >= 15 is 0 Å². The van der Waals surface area contributed by atoms with Gasteiger partial charge in [-0.15, -0.1) is 59.2 Å². The fourth-order valence-corrected chi connectivity index (χ4v) is 5.60. The third kappa shape index (κ3) is 7.93. The molecule has 0 unspecified atom stereocenters. The third-order valence-corrected chi connectivity index (χ3v) is 8.39. The number of nitrogens with zero attached hydrogens (tertiary/aromatic N) is 2. The Morgan fingerprint density at radius 1 is 0.489 bits per heavy atom. The summed E-state index contributed by atoms with van der Waals surface area (Å²) in [5.41, 5.74) is 9.26. The third-order valence-electron chi connectivity index (χ3n) is 8.39. The minimum absolute atomic E-state index is 0. The van der Waals surface area contributed by atoms with Crippen LogP contribution in [0.5, 0.6) is 0 Å². The van der Waals surface area contributed by atoms with Crippen molar-refractivity contribution in [3.63, 3.8) is 0 Å². The van der Waals surface area contributed by atoms with Gasteiger partial charge in [0.2, 0.25) is 0 Å². The molecule has 2 aromatic heterocycles. The van der Waals surface area contributed by atoms with E-state index in [9.17, 15) is 0 Å². The summed E-state index contributed by atoms with van der Waals surface area (Å²) in [4.78, 5) is 9.11. The average Bonchev–Trinajstić information content (AvgIpc) is 3.08. The van der Waals surface area contributed by atoms with E-state index in [0.29, 0.717) is 0 Å². The van der Waals surface area contributed by atoms with Crippen molar-refractivity contribution in [2.75, 3.05) is 0 Å². The van der Waals surface area contributed by atoms with Crippen molar-refractivity contribution in [2.45, 2.75) is 52.4 Å². The fraction of sp³-hybridized carbons (Fsp3) is 0.182. The molecule has 1 radical (unpaired) electrons. The summed E-state index contributed by atoms with van der Waals surface area (Å²) in [5, 5.41) is 5.00. The molecule has 0 bridgehead atoms. The van der Waals surface area contributed by atoms with Gasteiger partial charge in [-0.1, -0.05) is 131 Å². The Hall–Kier alpha value is -4.43. The number of fused-ring (bicyclic) bond motifs is 3. The smallest absolute Gasteiger partial charge is 0.0163 e. The van der Waals surface area contributed by atoms with Gasteiger partial charge in [-0.05, 0) is 61.8 Å². The van der Waals surface area contributed by atoms with E-state index in [0.717, 1.165) is 22.5 Å². The normalized spacial score (nSPS) is 11.4. The SMILES string of the molecule is CC(C)(C)c1ccnc(-c2[c-]cc3ccc4ccccc4c3c2)c1.CC(C)(C)c1ccnc(-c2[c-]ccc(-c3ccccc3)c2)c1.[Ir]. The van der Waals surface area contributed by atoms with Crippen LogP contribution in [0, 0.1) is 12.1 Å². The summed E-state index contributed by atoms with van der Waals surface area (Å²) < 4.78 is 0. The largest absolute Gasteiger partial charge is 0.305 e. The zero-order valence-corrected chi connectivity index (χ0v) is 30.3. The van der Waals surface area contributed by atoms with E-state index in [4.69, 9.17) is 0 Å². The van der Waals surface area contributed by atoms with Crippen molar-refractivity contribution in [3.05, 3.63) is 157 Å². The Balaban J connectivity index is 0.000000181. The standard InChI is InChI=1S/C23H20N.C21H20N.Ir/c1-23(2,3)19-12-13-24-22(15-19)18-11-10-17-9-8-16-6-4-5-7-20(16)21(17)14-18;1-21(2,3)19-12-13-22-20(15-19)18-11-7-10-17(14-18)16-8-5-4-6-9-16;/h4-10,12-15H,1-3H3;4-10,12-15H,1-3H3;/q2*-1;. The molecular weight excluding hydrogens is 749 g/mol. The van der Waals surface area contributed by atoms with E-state index in [1.807, 2.05) is 24.5 Å². The molecule has 0 saturated heterocycles. The van der Waals surface area contributed by atoms with Crippen LogP contribution in [-0.2, 0) is 30.9 Å². The number of pyridine rings is 2. The number of aromatic nitrogens is 2. The summed E-state index contributed by atoms with van der Waals surface area (Å²) in [7, 11) is 0. The van der Waals surface area contributed by atoms with Crippen LogP contribution >= 0.6 is 0 Å². The molecule has 0 aliphatic heterocycles. The van der Waals surface area contributed by atoms with Gasteiger partial charge in [0.05, 0.1) is 0 Å². The van der Waals surface area contributed by atoms with Crippen LogP contribution in [0.15, 0.2) is 134 Å². The maximum atomic E-state index is 4.58. The van der Waals surface area contributed by atoms with Crippen molar-refractivity contribution in [1.82, 2.24) is 9.97 Å². The molecule has 237 valence electrons. The number of hydrogen-bond donors (Lipinski definition) is 0. The summed E-state index contributed by atoms with van der Waals surface area (Å²) in [6, 6.07) is 49.0. The maximum Gasteiger partial charge on any atom is 0.0163 e. The summed E-state index contributed by atoms with van der Waals surface area (Å²) in [6.45, 7) is 13.3. The molecule has 0 saturated carbocycles. The Bertz CT molecular complexity index is 2120. The Morgan fingerprint density at radius 3 is 1.70 bits per heavy atom. The molecule has 0 N–H and O–H groups in total. The van der Waals surface area contributed by atoms with Crippen molar-refractivity contribution in [3.8, 4) is 33.6 Å². The van der Waals surface area contributed by atoms with Crippen LogP contribution in [0.4, 0.5) is 0 Å². The van der Waals surface area contributed by atoms with Gasteiger partial charge >= 0.3 is 0 Å². The monoisotopic (exact) mass is 789 g/mol. The van der Waals surface area contributed by atoms with Gasteiger partial charge in [0.1, 0.15) is 0 Å². The van der Waals surface area contributed by atoms with Crippen molar-refractivity contribution >= 4 is 21.5 Å². The van der Waals surface area contributed by atoms with Gasteiger partial charge < -0.3 is 9.97 Å². The quantitative estimate of drug-likeness (QED) is 0.132. The molecule has 47 heavy (non-hydrogen) atoms. The van der Waals surface area contributed by atoms with Crippen LogP contribution in [0.2, 0.25) is 0 Å². The topological polar surface area (TPSA) is 25.8 Å². The number of hydrogen-bond acceptors (Lipinski definition) is 2. The first-order valence-electron chi connectivity index (χ1n) is 15.9.